The van der Waals surface area contributed by atoms with Gasteiger partial charge in [-0.2, -0.15) is 0 Å². The smallest absolute Gasteiger partial charge is 0.108 e. The second kappa shape index (κ2) is 6.27. The summed E-state index contributed by atoms with van der Waals surface area (Å²) in [5.41, 5.74) is 2.82. The van der Waals surface area contributed by atoms with Crippen molar-refractivity contribution in [3.63, 3.8) is 0 Å². The summed E-state index contributed by atoms with van der Waals surface area (Å²) in [6, 6.07) is 0. The van der Waals surface area contributed by atoms with Gasteiger partial charge in [-0.05, 0) is 38.4 Å². The lowest BCUT2D eigenvalue weighted by molar-refractivity contribution is 0.179. The van der Waals surface area contributed by atoms with Crippen molar-refractivity contribution in [3.05, 3.63) is 17.2 Å². The minimum absolute atomic E-state index is 0.844. The van der Waals surface area contributed by atoms with E-state index < -0.39 is 0 Å². The molecule has 1 aromatic rings. The quantitative estimate of drug-likeness (QED) is 0.910. The van der Waals surface area contributed by atoms with Crippen LogP contribution in [0.15, 0.2) is 0 Å². The molecule has 20 heavy (non-hydrogen) atoms. The molecule has 1 N–H and O–H groups in total. The van der Waals surface area contributed by atoms with Crippen molar-refractivity contribution < 1.29 is 0 Å². The summed E-state index contributed by atoms with van der Waals surface area (Å²) >= 11 is 0. The first-order valence-corrected chi connectivity index (χ1v) is 8.32. The first-order valence-electron chi connectivity index (χ1n) is 8.32. The van der Waals surface area contributed by atoms with Gasteiger partial charge in [0.25, 0.3) is 0 Å². The average Bonchev–Trinajstić information content (AvgIpc) is 2.86. The van der Waals surface area contributed by atoms with E-state index in [1.54, 1.807) is 0 Å². The van der Waals surface area contributed by atoms with Crippen LogP contribution in [0.5, 0.6) is 0 Å². The maximum atomic E-state index is 4.86. The van der Waals surface area contributed by atoms with Gasteiger partial charge >= 0.3 is 0 Å². The molecule has 0 radical (unpaired) electrons. The molecule has 1 saturated heterocycles. The van der Waals surface area contributed by atoms with E-state index in [1.807, 2.05) is 0 Å². The van der Waals surface area contributed by atoms with E-state index in [2.05, 4.69) is 28.6 Å². The predicted molar refractivity (Wildman–Crippen MR) is 81.9 cm³/mol. The van der Waals surface area contributed by atoms with Gasteiger partial charge in [0.2, 0.25) is 0 Å². The molecule has 2 aliphatic heterocycles. The van der Waals surface area contributed by atoms with Crippen molar-refractivity contribution in [2.75, 3.05) is 26.2 Å². The number of nitrogens with one attached hydrogen (secondary N) is 1. The normalized spacial score (nSPS) is 21.1. The summed E-state index contributed by atoms with van der Waals surface area (Å²) in [5, 5.41) is 3.44. The standard InChI is InChI=1S/C16H28N4/c1-3-16-18-14-11-17-8-5-15(14)20(16)12-13-6-9-19(4-2)10-7-13/h13,17H,3-12H2,1-2H3. The fourth-order valence-electron chi connectivity index (χ4n) is 3.66. The average molecular weight is 276 g/mol. The van der Waals surface area contributed by atoms with E-state index in [4.69, 9.17) is 4.98 Å². The minimum atomic E-state index is 0.844. The number of hydrogen-bond acceptors (Lipinski definition) is 3. The van der Waals surface area contributed by atoms with Crippen LogP contribution in [0, 0.1) is 5.92 Å². The van der Waals surface area contributed by atoms with Crippen LogP contribution in [0.2, 0.25) is 0 Å². The van der Waals surface area contributed by atoms with Gasteiger partial charge in [-0.25, -0.2) is 4.98 Å². The lowest BCUT2D eigenvalue weighted by atomic mass is 9.96. The van der Waals surface area contributed by atoms with Crippen LogP contribution in [-0.2, 0) is 25.9 Å². The molecule has 0 bridgehead atoms. The largest absolute Gasteiger partial charge is 0.331 e. The van der Waals surface area contributed by atoms with Gasteiger partial charge < -0.3 is 14.8 Å². The van der Waals surface area contributed by atoms with Crippen molar-refractivity contribution in [1.29, 1.82) is 0 Å². The highest BCUT2D eigenvalue weighted by Crippen LogP contribution is 2.23. The van der Waals surface area contributed by atoms with Crippen molar-refractivity contribution in [2.45, 2.75) is 52.6 Å². The molecule has 3 heterocycles. The highest BCUT2D eigenvalue weighted by Gasteiger charge is 2.23. The first kappa shape index (κ1) is 14.1. The van der Waals surface area contributed by atoms with E-state index in [9.17, 15) is 0 Å². The van der Waals surface area contributed by atoms with Gasteiger partial charge in [0, 0.05) is 38.2 Å². The monoisotopic (exact) mass is 276 g/mol. The number of piperidine rings is 1. The molecule has 0 saturated carbocycles. The third kappa shape index (κ3) is 2.77. The predicted octanol–water partition coefficient (Wildman–Crippen LogP) is 1.82. The Morgan fingerprint density at radius 2 is 2.05 bits per heavy atom. The topological polar surface area (TPSA) is 33.1 Å². The van der Waals surface area contributed by atoms with Crippen molar-refractivity contribution in [3.8, 4) is 0 Å². The molecule has 4 heteroatoms. The Kier molecular flexibility index (Phi) is 4.41. The molecular weight excluding hydrogens is 248 g/mol. The number of nitrogens with zero attached hydrogens (tertiary/aromatic N) is 3. The number of likely N-dealkylation sites (tertiary alicyclic amines) is 1. The Labute approximate surface area is 122 Å². The van der Waals surface area contributed by atoms with Gasteiger partial charge in [-0.3, -0.25) is 0 Å². The number of rotatable bonds is 4. The Bertz CT molecular complexity index is 444. The first-order chi connectivity index (χ1) is 9.81. The minimum Gasteiger partial charge on any atom is -0.331 e. The molecular formula is C16H28N4. The van der Waals surface area contributed by atoms with Gasteiger partial charge in [-0.15, -0.1) is 0 Å². The van der Waals surface area contributed by atoms with Crippen LogP contribution in [0.4, 0.5) is 0 Å². The van der Waals surface area contributed by atoms with E-state index in [-0.39, 0.29) is 0 Å². The molecule has 0 unspecified atom stereocenters. The zero-order valence-corrected chi connectivity index (χ0v) is 13.0. The van der Waals surface area contributed by atoms with E-state index >= 15 is 0 Å². The Hall–Kier alpha value is -0.870. The van der Waals surface area contributed by atoms with Crippen LogP contribution >= 0.6 is 0 Å². The summed E-state index contributed by atoms with van der Waals surface area (Å²) < 4.78 is 2.56. The number of hydrogen-bond donors (Lipinski definition) is 1. The summed E-state index contributed by atoms with van der Waals surface area (Å²) in [4.78, 5) is 7.43. The SMILES string of the molecule is CCc1nc2c(n1CC1CCN(CC)CC1)CCNC2. The highest BCUT2D eigenvalue weighted by molar-refractivity contribution is 5.20. The Balaban J connectivity index is 1.72. The van der Waals surface area contributed by atoms with Gasteiger partial charge in [0.1, 0.15) is 5.82 Å². The van der Waals surface area contributed by atoms with Crippen LogP contribution in [0.25, 0.3) is 0 Å². The van der Waals surface area contributed by atoms with Gasteiger partial charge in [-0.1, -0.05) is 13.8 Å². The summed E-state index contributed by atoms with van der Waals surface area (Å²) in [5.74, 6) is 2.15. The molecule has 1 fully saturated rings. The molecule has 4 nitrogen and oxygen atoms in total. The third-order valence-electron chi connectivity index (χ3n) is 4.98. The Morgan fingerprint density at radius 1 is 1.25 bits per heavy atom. The number of aryl methyl sites for hydroxylation is 1. The summed E-state index contributed by atoms with van der Waals surface area (Å²) in [7, 11) is 0. The second-order valence-electron chi connectivity index (χ2n) is 6.19. The fourth-order valence-corrected chi connectivity index (χ4v) is 3.66. The molecule has 0 atom stereocenters. The molecule has 2 aliphatic rings. The van der Waals surface area contributed by atoms with Crippen molar-refractivity contribution in [2.24, 2.45) is 5.92 Å². The van der Waals surface area contributed by atoms with E-state index in [1.165, 1.54) is 56.2 Å². The van der Waals surface area contributed by atoms with Gasteiger partial charge in [0.05, 0.1) is 5.69 Å². The summed E-state index contributed by atoms with van der Waals surface area (Å²) in [6.45, 7) is 11.5. The Morgan fingerprint density at radius 3 is 2.75 bits per heavy atom. The maximum Gasteiger partial charge on any atom is 0.108 e. The fraction of sp³-hybridized carbons (Fsp3) is 0.812. The number of aromatic nitrogens is 2. The van der Waals surface area contributed by atoms with Crippen LogP contribution in [0.3, 0.4) is 0 Å². The maximum absolute atomic E-state index is 4.86. The van der Waals surface area contributed by atoms with Gasteiger partial charge in [0.15, 0.2) is 0 Å². The highest BCUT2D eigenvalue weighted by atomic mass is 15.1. The third-order valence-corrected chi connectivity index (χ3v) is 4.98. The molecule has 3 rings (SSSR count). The van der Waals surface area contributed by atoms with Crippen LogP contribution < -0.4 is 5.32 Å². The number of imidazole rings is 1. The lowest BCUT2D eigenvalue weighted by Gasteiger charge is -2.32. The second-order valence-corrected chi connectivity index (χ2v) is 6.19. The molecule has 1 aromatic heterocycles. The zero-order valence-electron chi connectivity index (χ0n) is 13.0. The van der Waals surface area contributed by atoms with Crippen molar-refractivity contribution >= 4 is 0 Å². The molecule has 0 aliphatic carbocycles. The summed E-state index contributed by atoms with van der Waals surface area (Å²) in [6.07, 6.45) is 4.90. The molecule has 0 amide bonds. The van der Waals surface area contributed by atoms with E-state index in [0.29, 0.717) is 0 Å². The van der Waals surface area contributed by atoms with Crippen molar-refractivity contribution in [1.82, 2.24) is 19.8 Å². The zero-order chi connectivity index (χ0) is 13.9. The van der Waals surface area contributed by atoms with E-state index in [0.717, 1.165) is 31.8 Å². The molecule has 0 aromatic carbocycles. The number of fused-ring (bicyclic) bond motifs is 1. The molecule has 0 spiro atoms. The lowest BCUT2D eigenvalue weighted by Crippen LogP contribution is -2.35. The molecule has 112 valence electrons. The van der Waals surface area contributed by atoms with Crippen LogP contribution in [0.1, 0.15) is 43.9 Å². The van der Waals surface area contributed by atoms with Crippen LogP contribution in [-0.4, -0.2) is 40.6 Å².